The number of tetrazole rings is 1. The van der Waals surface area contributed by atoms with Crippen LogP contribution < -0.4 is 5.32 Å². The average Bonchev–Trinajstić information content (AvgIpc) is 3.33. The van der Waals surface area contributed by atoms with Crippen LogP contribution in [0.25, 0.3) is 5.69 Å². The van der Waals surface area contributed by atoms with Crippen LogP contribution in [-0.2, 0) is 14.3 Å². The van der Waals surface area contributed by atoms with Gasteiger partial charge in [0.2, 0.25) is 11.8 Å². The highest BCUT2D eigenvalue weighted by Gasteiger charge is 2.38. The summed E-state index contributed by atoms with van der Waals surface area (Å²) in [6.45, 7) is 1.84. The van der Waals surface area contributed by atoms with Gasteiger partial charge in [0.25, 0.3) is 0 Å². The van der Waals surface area contributed by atoms with E-state index in [9.17, 15) is 9.59 Å². The molecule has 26 heavy (non-hydrogen) atoms. The number of amides is 2. The average molecular weight is 356 g/mol. The Labute approximate surface area is 150 Å². The van der Waals surface area contributed by atoms with Crippen molar-refractivity contribution in [2.75, 3.05) is 25.1 Å². The van der Waals surface area contributed by atoms with Crippen molar-refractivity contribution >= 4 is 17.5 Å². The van der Waals surface area contributed by atoms with E-state index in [4.69, 9.17) is 4.74 Å². The highest BCUT2D eigenvalue weighted by atomic mass is 16.5. The van der Waals surface area contributed by atoms with E-state index in [1.54, 1.807) is 12.1 Å². The highest BCUT2D eigenvalue weighted by Crippen LogP contribution is 2.26. The molecule has 2 saturated heterocycles. The molecule has 2 amide bonds. The number of carbonyl (C=O) groups is 2. The minimum atomic E-state index is -0.315. The van der Waals surface area contributed by atoms with Gasteiger partial charge in [-0.25, -0.2) is 4.68 Å². The molecule has 1 N–H and O–H groups in total. The van der Waals surface area contributed by atoms with Gasteiger partial charge in [-0.15, -0.1) is 5.10 Å². The molecule has 1 aromatic heterocycles. The number of nitrogens with one attached hydrogen (secondary N) is 1. The van der Waals surface area contributed by atoms with Crippen molar-refractivity contribution in [2.45, 2.75) is 25.3 Å². The first-order chi connectivity index (χ1) is 12.7. The lowest BCUT2D eigenvalue weighted by Gasteiger charge is -2.31. The van der Waals surface area contributed by atoms with E-state index in [1.165, 1.54) is 11.0 Å². The lowest BCUT2D eigenvalue weighted by atomic mass is 10.1. The molecule has 1 atom stereocenters. The SMILES string of the molecule is O=C(Nc1ccc(-n2cnnn2)cc1)C1CC(=O)N(C2CCOCC2)C1. The fraction of sp³-hybridized carbons (Fsp3) is 0.471. The number of carbonyl (C=O) groups excluding carboxylic acids is 2. The number of likely N-dealkylation sites (tertiary alicyclic amines) is 1. The Morgan fingerprint density at radius 1 is 1.19 bits per heavy atom. The summed E-state index contributed by atoms with van der Waals surface area (Å²) in [5, 5.41) is 13.9. The van der Waals surface area contributed by atoms with Crippen molar-refractivity contribution in [3.63, 3.8) is 0 Å². The zero-order chi connectivity index (χ0) is 17.9. The second kappa shape index (κ2) is 7.20. The number of nitrogens with zero attached hydrogens (tertiary/aromatic N) is 5. The molecular weight excluding hydrogens is 336 g/mol. The second-order valence-corrected chi connectivity index (χ2v) is 6.58. The van der Waals surface area contributed by atoms with Crippen LogP contribution in [0.5, 0.6) is 0 Å². The molecule has 0 aliphatic carbocycles. The van der Waals surface area contributed by atoms with Crippen LogP contribution in [0.1, 0.15) is 19.3 Å². The summed E-state index contributed by atoms with van der Waals surface area (Å²) in [6, 6.07) is 7.42. The van der Waals surface area contributed by atoms with Crippen molar-refractivity contribution in [3.05, 3.63) is 30.6 Å². The molecule has 0 bridgehead atoms. The summed E-state index contributed by atoms with van der Waals surface area (Å²) in [5.41, 5.74) is 1.48. The summed E-state index contributed by atoms with van der Waals surface area (Å²) in [4.78, 5) is 26.7. The van der Waals surface area contributed by atoms with E-state index in [0.29, 0.717) is 25.4 Å². The standard InChI is InChI=1S/C17H20N6O3/c24-16-9-12(10-22(16)14-5-7-26-8-6-14)17(25)19-13-1-3-15(4-2-13)23-11-18-20-21-23/h1-4,11-12,14H,5-10H2,(H,19,25). The van der Waals surface area contributed by atoms with Gasteiger partial charge in [0.1, 0.15) is 6.33 Å². The number of aromatic nitrogens is 4. The molecule has 2 aliphatic heterocycles. The minimum Gasteiger partial charge on any atom is -0.381 e. The quantitative estimate of drug-likeness (QED) is 0.862. The van der Waals surface area contributed by atoms with Gasteiger partial charge in [0.15, 0.2) is 0 Å². The normalized spacial score (nSPS) is 21.2. The van der Waals surface area contributed by atoms with Crippen molar-refractivity contribution in [1.82, 2.24) is 25.1 Å². The van der Waals surface area contributed by atoms with E-state index < -0.39 is 0 Å². The molecule has 1 unspecified atom stereocenters. The molecule has 0 spiro atoms. The highest BCUT2D eigenvalue weighted by molar-refractivity contribution is 5.97. The Morgan fingerprint density at radius 2 is 1.96 bits per heavy atom. The Morgan fingerprint density at radius 3 is 2.65 bits per heavy atom. The molecule has 0 saturated carbocycles. The summed E-state index contributed by atoms with van der Waals surface area (Å²) >= 11 is 0. The maximum absolute atomic E-state index is 12.5. The summed E-state index contributed by atoms with van der Waals surface area (Å²) in [7, 11) is 0. The summed E-state index contributed by atoms with van der Waals surface area (Å²) < 4.78 is 6.89. The lowest BCUT2D eigenvalue weighted by molar-refractivity contribution is -0.131. The van der Waals surface area contributed by atoms with Crippen LogP contribution in [-0.4, -0.2) is 62.7 Å². The van der Waals surface area contributed by atoms with Crippen LogP contribution in [0.2, 0.25) is 0 Å². The van der Waals surface area contributed by atoms with Gasteiger partial charge in [0.05, 0.1) is 11.6 Å². The Hall–Kier alpha value is -2.81. The van der Waals surface area contributed by atoms with Crippen LogP contribution in [0.15, 0.2) is 30.6 Å². The molecule has 2 fully saturated rings. The van der Waals surface area contributed by atoms with Crippen LogP contribution >= 0.6 is 0 Å². The van der Waals surface area contributed by atoms with Crippen molar-refractivity contribution in [2.24, 2.45) is 5.92 Å². The van der Waals surface area contributed by atoms with Gasteiger partial charge in [-0.3, -0.25) is 9.59 Å². The largest absolute Gasteiger partial charge is 0.381 e. The number of anilines is 1. The fourth-order valence-corrected chi connectivity index (χ4v) is 3.48. The lowest BCUT2D eigenvalue weighted by Crippen LogP contribution is -2.41. The zero-order valence-electron chi connectivity index (χ0n) is 14.2. The van der Waals surface area contributed by atoms with E-state index in [0.717, 1.165) is 18.5 Å². The second-order valence-electron chi connectivity index (χ2n) is 6.58. The summed E-state index contributed by atoms with van der Waals surface area (Å²) in [5.74, 6) is -0.376. The Balaban J connectivity index is 1.37. The smallest absolute Gasteiger partial charge is 0.229 e. The number of hydrogen-bond donors (Lipinski definition) is 1. The molecule has 0 radical (unpaired) electrons. The predicted molar refractivity (Wildman–Crippen MR) is 91.4 cm³/mol. The van der Waals surface area contributed by atoms with Crippen LogP contribution in [0, 0.1) is 5.92 Å². The number of hydrogen-bond acceptors (Lipinski definition) is 6. The minimum absolute atomic E-state index is 0.0612. The van der Waals surface area contributed by atoms with Crippen LogP contribution in [0.4, 0.5) is 5.69 Å². The molecule has 9 heteroatoms. The van der Waals surface area contributed by atoms with Gasteiger partial charge < -0.3 is 15.0 Å². The Bertz CT molecular complexity index is 770. The fourth-order valence-electron chi connectivity index (χ4n) is 3.48. The predicted octanol–water partition coefficient (Wildman–Crippen LogP) is 0.628. The van der Waals surface area contributed by atoms with Gasteiger partial charge in [0, 0.05) is 37.9 Å². The topological polar surface area (TPSA) is 102 Å². The van der Waals surface area contributed by atoms with Crippen LogP contribution in [0.3, 0.4) is 0 Å². The molecule has 2 aliphatic rings. The molecule has 3 heterocycles. The number of ether oxygens (including phenoxy) is 1. The third-order valence-electron chi connectivity index (χ3n) is 4.91. The first-order valence-electron chi connectivity index (χ1n) is 8.72. The van der Waals surface area contributed by atoms with Crippen molar-refractivity contribution < 1.29 is 14.3 Å². The summed E-state index contributed by atoms with van der Waals surface area (Å²) in [6.07, 6.45) is 3.46. The monoisotopic (exact) mass is 356 g/mol. The number of benzene rings is 1. The van der Waals surface area contributed by atoms with E-state index in [1.807, 2.05) is 17.0 Å². The molecule has 9 nitrogen and oxygen atoms in total. The molecular formula is C17H20N6O3. The number of rotatable bonds is 4. The van der Waals surface area contributed by atoms with Gasteiger partial charge in [-0.05, 0) is 47.5 Å². The first kappa shape index (κ1) is 16.6. The maximum atomic E-state index is 12.5. The van der Waals surface area contributed by atoms with E-state index >= 15 is 0 Å². The molecule has 1 aromatic carbocycles. The maximum Gasteiger partial charge on any atom is 0.229 e. The van der Waals surface area contributed by atoms with E-state index in [-0.39, 0.29) is 30.2 Å². The third kappa shape index (κ3) is 3.43. The van der Waals surface area contributed by atoms with E-state index in [2.05, 4.69) is 20.8 Å². The van der Waals surface area contributed by atoms with Crippen molar-refractivity contribution in [1.29, 1.82) is 0 Å². The van der Waals surface area contributed by atoms with Crippen molar-refractivity contribution in [3.8, 4) is 5.69 Å². The first-order valence-corrected chi connectivity index (χ1v) is 8.72. The Kier molecular flexibility index (Phi) is 4.61. The zero-order valence-corrected chi connectivity index (χ0v) is 14.2. The van der Waals surface area contributed by atoms with Gasteiger partial charge in [-0.1, -0.05) is 0 Å². The van der Waals surface area contributed by atoms with Gasteiger partial charge in [-0.2, -0.15) is 0 Å². The van der Waals surface area contributed by atoms with Gasteiger partial charge >= 0.3 is 0 Å². The molecule has 2 aromatic rings. The third-order valence-corrected chi connectivity index (χ3v) is 4.91. The molecule has 136 valence electrons. The molecule has 4 rings (SSSR count).